The summed E-state index contributed by atoms with van der Waals surface area (Å²) in [6, 6.07) is 3.48. The summed E-state index contributed by atoms with van der Waals surface area (Å²) in [5.41, 5.74) is 6.67. The minimum atomic E-state index is -0.366. The molecule has 0 saturated heterocycles. The highest BCUT2D eigenvalue weighted by Crippen LogP contribution is 2.28. The maximum atomic E-state index is 11.9. The number of hydrogen-bond acceptors (Lipinski definition) is 3. The van der Waals surface area contributed by atoms with Gasteiger partial charge in [-0.3, -0.25) is 0 Å². The summed E-state index contributed by atoms with van der Waals surface area (Å²) >= 11 is 6.65. The van der Waals surface area contributed by atoms with Gasteiger partial charge in [0, 0.05) is 8.95 Å². The molecule has 106 valence electrons. The zero-order valence-electron chi connectivity index (χ0n) is 11.0. The van der Waals surface area contributed by atoms with Gasteiger partial charge in [0.25, 0.3) is 0 Å². The lowest BCUT2D eigenvalue weighted by Gasteiger charge is -2.09. The van der Waals surface area contributed by atoms with Crippen molar-refractivity contribution < 1.29 is 9.53 Å². The van der Waals surface area contributed by atoms with E-state index in [0.29, 0.717) is 22.3 Å². The van der Waals surface area contributed by atoms with E-state index in [-0.39, 0.29) is 5.97 Å². The Hall–Kier alpha value is -0.550. The normalized spacial score (nSPS) is 10.5. The molecule has 0 amide bonds. The van der Waals surface area contributed by atoms with Crippen LogP contribution in [0, 0.1) is 0 Å². The number of carbonyl (C=O) groups excluding carboxylic acids is 1. The van der Waals surface area contributed by atoms with Crippen molar-refractivity contribution in [1.29, 1.82) is 0 Å². The number of anilines is 1. The second kappa shape index (κ2) is 8.59. The number of halogens is 2. The van der Waals surface area contributed by atoms with E-state index in [4.69, 9.17) is 10.5 Å². The highest BCUT2D eigenvalue weighted by Gasteiger charge is 2.14. The van der Waals surface area contributed by atoms with Gasteiger partial charge < -0.3 is 10.5 Å². The molecular weight excluding hydrogens is 374 g/mol. The molecule has 0 saturated carbocycles. The maximum absolute atomic E-state index is 11.9. The van der Waals surface area contributed by atoms with E-state index in [9.17, 15) is 4.79 Å². The fraction of sp³-hybridized carbons (Fsp3) is 0.500. The molecule has 5 heteroatoms. The lowest BCUT2D eigenvalue weighted by Crippen LogP contribution is -2.09. The zero-order chi connectivity index (χ0) is 14.3. The van der Waals surface area contributed by atoms with Gasteiger partial charge in [0.05, 0.1) is 17.9 Å². The first-order chi connectivity index (χ1) is 9.06. The molecule has 0 radical (unpaired) electrons. The van der Waals surface area contributed by atoms with E-state index in [0.717, 1.165) is 17.3 Å². The Kier molecular flexibility index (Phi) is 7.46. The van der Waals surface area contributed by atoms with Gasteiger partial charge in [0.15, 0.2) is 0 Å². The molecule has 1 aromatic rings. The molecule has 0 aliphatic carbocycles. The topological polar surface area (TPSA) is 52.3 Å². The molecule has 0 aliphatic heterocycles. The number of benzene rings is 1. The second-order valence-corrected chi connectivity index (χ2v) is 6.17. The Bertz CT molecular complexity index is 436. The first-order valence-corrected chi connectivity index (χ1v) is 8.06. The molecular formula is C14H19Br2NO2. The van der Waals surface area contributed by atoms with Crippen molar-refractivity contribution in [2.24, 2.45) is 0 Å². The number of nitrogen functional groups attached to an aromatic ring is 1. The van der Waals surface area contributed by atoms with Crippen LogP contribution in [-0.4, -0.2) is 12.6 Å². The van der Waals surface area contributed by atoms with Crippen LogP contribution >= 0.6 is 31.9 Å². The number of ether oxygens (including phenoxy) is 1. The lowest BCUT2D eigenvalue weighted by molar-refractivity contribution is 0.0499. The van der Waals surface area contributed by atoms with Crippen molar-refractivity contribution in [2.45, 2.75) is 39.0 Å². The molecule has 0 spiro atoms. The van der Waals surface area contributed by atoms with Crippen molar-refractivity contribution >= 4 is 43.5 Å². The second-order valence-electron chi connectivity index (χ2n) is 4.40. The number of rotatable bonds is 7. The molecule has 0 heterocycles. The molecule has 2 N–H and O–H groups in total. The van der Waals surface area contributed by atoms with E-state index in [1.54, 1.807) is 12.1 Å². The molecule has 0 atom stereocenters. The Labute approximate surface area is 131 Å². The Balaban J connectivity index is 2.46. The lowest BCUT2D eigenvalue weighted by atomic mass is 10.1. The van der Waals surface area contributed by atoms with Crippen molar-refractivity contribution in [3.63, 3.8) is 0 Å². The molecule has 0 aliphatic rings. The van der Waals surface area contributed by atoms with E-state index in [2.05, 4.69) is 38.8 Å². The van der Waals surface area contributed by atoms with Crippen LogP contribution in [0.4, 0.5) is 5.69 Å². The van der Waals surface area contributed by atoms with E-state index < -0.39 is 0 Å². The molecule has 1 aromatic carbocycles. The maximum Gasteiger partial charge on any atom is 0.340 e. The Morgan fingerprint density at radius 3 is 2.58 bits per heavy atom. The summed E-state index contributed by atoms with van der Waals surface area (Å²) in [5.74, 6) is -0.366. The van der Waals surface area contributed by atoms with Gasteiger partial charge in [-0.15, -0.1) is 0 Å². The third kappa shape index (κ3) is 5.53. The summed E-state index contributed by atoms with van der Waals surface area (Å²) in [5, 5.41) is 0. The zero-order valence-corrected chi connectivity index (χ0v) is 14.2. The molecule has 0 aromatic heterocycles. The van der Waals surface area contributed by atoms with Gasteiger partial charge in [-0.1, -0.05) is 48.5 Å². The first-order valence-electron chi connectivity index (χ1n) is 6.48. The van der Waals surface area contributed by atoms with Gasteiger partial charge in [-0.05, 0) is 34.5 Å². The average Bonchev–Trinajstić information content (AvgIpc) is 2.37. The predicted molar refractivity (Wildman–Crippen MR) is 85.3 cm³/mol. The SMILES string of the molecule is CCCCCCCOC(=O)c1cc(Br)cc(Br)c1N. The minimum absolute atomic E-state index is 0.366. The van der Waals surface area contributed by atoms with Crippen molar-refractivity contribution in [3.8, 4) is 0 Å². The summed E-state index contributed by atoms with van der Waals surface area (Å²) in [6.07, 6.45) is 5.64. The predicted octanol–water partition coefficient (Wildman–Crippen LogP) is 4.92. The monoisotopic (exact) mass is 391 g/mol. The highest BCUT2D eigenvalue weighted by molar-refractivity contribution is 9.11. The van der Waals surface area contributed by atoms with Gasteiger partial charge in [0.1, 0.15) is 0 Å². The quantitative estimate of drug-likeness (QED) is 0.407. The Morgan fingerprint density at radius 2 is 1.89 bits per heavy atom. The Morgan fingerprint density at radius 1 is 1.21 bits per heavy atom. The fourth-order valence-electron chi connectivity index (χ4n) is 1.70. The van der Waals surface area contributed by atoms with E-state index in [1.165, 1.54) is 19.3 Å². The van der Waals surface area contributed by atoms with Crippen molar-refractivity contribution in [3.05, 3.63) is 26.6 Å². The molecule has 3 nitrogen and oxygen atoms in total. The molecule has 1 rings (SSSR count). The van der Waals surface area contributed by atoms with Gasteiger partial charge in [-0.25, -0.2) is 4.79 Å². The van der Waals surface area contributed by atoms with Crippen LogP contribution < -0.4 is 5.73 Å². The number of hydrogen-bond donors (Lipinski definition) is 1. The van der Waals surface area contributed by atoms with E-state index >= 15 is 0 Å². The van der Waals surface area contributed by atoms with Crippen molar-refractivity contribution in [1.82, 2.24) is 0 Å². The van der Waals surface area contributed by atoms with Crippen LogP contribution in [0.15, 0.2) is 21.1 Å². The summed E-state index contributed by atoms with van der Waals surface area (Å²) in [7, 11) is 0. The average molecular weight is 393 g/mol. The van der Waals surface area contributed by atoms with Gasteiger partial charge in [-0.2, -0.15) is 0 Å². The summed E-state index contributed by atoms with van der Waals surface area (Å²) in [4.78, 5) is 11.9. The van der Waals surface area contributed by atoms with Gasteiger partial charge >= 0.3 is 5.97 Å². The standard InChI is InChI=1S/C14H19Br2NO2/c1-2-3-4-5-6-7-19-14(18)11-8-10(15)9-12(16)13(11)17/h8-9H,2-7,17H2,1H3. The van der Waals surface area contributed by atoms with E-state index in [1.807, 2.05) is 0 Å². The third-order valence-electron chi connectivity index (χ3n) is 2.80. The van der Waals surface area contributed by atoms with Gasteiger partial charge in [0.2, 0.25) is 0 Å². The number of unbranched alkanes of at least 4 members (excludes halogenated alkanes) is 4. The molecule has 0 fully saturated rings. The van der Waals surface area contributed by atoms with Crippen LogP contribution in [0.25, 0.3) is 0 Å². The highest BCUT2D eigenvalue weighted by atomic mass is 79.9. The molecule has 0 bridgehead atoms. The number of carbonyl (C=O) groups is 1. The van der Waals surface area contributed by atoms with Crippen LogP contribution in [0.2, 0.25) is 0 Å². The third-order valence-corrected chi connectivity index (χ3v) is 3.91. The minimum Gasteiger partial charge on any atom is -0.462 e. The summed E-state index contributed by atoms with van der Waals surface area (Å²) in [6.45, 7) is 2.63. The smallest absolute Gasteiger partial charge is 0.340 e. The first kappa shape index (κ1) is 16.5. The molecule has 0 unspecified atom stereocenters. The van der Waals surface area contributed by atoms with Crippen LogP contribution in [0.3, 0.4) is 0 Å². The van der Waals surface area contributed by atoms with Crippen LogP contribution in [-0.2, 0) is 4.74 Å². The van der Waals surface area contributed by atoms with Crippen LogP contribution in [0.5, 0.6) is 0 Å². The summed E-state index contributed by atoms with van der Waals surface area (Å²) < 4.78 is 6.72. The van der Waals surface area contributed by atoms with Crippen molar-refractivity contribution in [2.75, 3.05) is 12.3 Å². The number of nitrogens with two attached hydrogens (primary N) is 1. The molecule has 19 heavy (non-hydrogen) atoms. The number of esters is 1. The largest absolute Gasteiger partial charge is 0.462 e. The fourth-order valence-corrected chi connectivity index (χ4v) is 2.93. The van der Waals surface area contributed by atoms with Crippen LogP contribution in [0.1, 0.15) is 49.4 Å².